The Labute approximate surface area is 150 Å². The van der Waals surface area contributed by atoms with E-state index in [9.17, 15) is 0 Å². The van der Waals surface area contributed by atoms with Crippen molar-refractivity contribution in [2.24, 2.45) is 0 Å². The van der Waals surface area contributed by atoms with Crippen LogP contribution in [0, 0.1) is 6.92 Å². The monoisotopic (exact) mass is 332 g/mol. The number of fused-ring (bicyclic) bond motifs is 1. The van der Waals surface area contributed by atoms with E-state index in [1.54, 1.807) is 0 Å². The largest absolute Gasteiger partial charge is 0.354 e. The van der Waals surface area contributed by atoms with Crippen LogP contribution >= 0.6 is 0 Å². The first-order valence-electron chi connectivity index (χ1n) is 9.63. The second-order valence-electron chi connectivity index (χ2n) is 7.47. The van der Waals surface area contributed by atoms with Crippen molar-refractivity contribution in [3.63, 3.8) is 0 Å². The fourth-order valence-corrected chi connectivity index (χ4v) is 4.35. The van der Waals surface area contributed by atoms with Gasteiger partial charge in [0.25, 0.3) is 0 Å². The lowest BCUT2D eigenvalue weighted by Gasteiger charge is -2.33. The van der Waals surface area contributed by atoms with Gasteiger partial charge in [0.1, 0.15) is 0 Å². The minimum absolute atomic E-state index is 0.722. The molecule has 1 aliphatic rings. The lowest BCUT2D eigenvalue weighted by molar-refractivity contribution is 0.163. The minimum atomic E-state index is 0.722. The molecule has 1 aromatic heterocycles. The molecule has 0 amide bonds. The quantitative estimate of drug-likeness (QED) is 0.662. The third kappa shape index (κ3) is 3.23. The zero-order valence-corrected chi connectivity index (χ0v) is 15.4. The summed E-state index contributed by atoms with van der Waals surface area (Å²) < 4.78 is 0. The zero-order valence-electron chi connectivity index (χ0n) is 15.4. The smallest absolute Gasteiger partial charge is 0.0497 e. The van der Waals surface area contributed by atoms with Crippen LogP contribution in [0.1, 0.15) is 37.3 Å². The molecule has 25 heavy (non-hydrogen) atoms. The molecular formula is C23H28N2. The van der Waals surface area contributed by atoms with E-state index in [0.717, 1.165) is 19.0 Å². The molecule has 1 fully saturated rings. The molecule has 0 radical (unpaired) electrons. The summed E-state index contributed by atoms with van der Waals surface area (Å²) >= 11 is 0. The maximum atomic E-state index is 3.70. The molecule has 0 saturated carbocycles. The van der Waals surface area contributed by atoms with Crippen LogP contribution in [-0.2, 0) is 6.42 Å². The first-order chi connectivity index (χ1) is 12.2. The third-order valence-corrected chi connectivity index (χ3v) is 5.79. The summed E-state index contributed by atoms with van der Waals surface area (Å²) in [4.78, 5) is 6.38. The Morgan fingerprint density at radius 1 is 1.04 bits per heavy atom. The molecular weight excluding hydrogens is 304 g/mol. The Bertz CT molecular complexity index is 847. The van der Waals surface area contributed by atoms with Crippen molar-refractivity contribution in [2.45, 2.75) is 45.6 Å². The van der Waals surface area contributed by atoms with E-state index in [4.69, 9.17) is 0 Å². The molecule has 0 bridgehead atoms. The van der Waals surface area contributed by atoms with E-state index in [0.29, 0.717) is 0 Å². The van der Waals surface area contributed by atoms with E-state index in [-0.39, 0.29) is 0 Å². The number of nitrogens with one attached hydrogen (secondary N) is 1. The highest BCUT2D eigenvalue weighted by atomic mass is 15.2. The van der Waals surface area contributed by atoms with Crippen LogP contribution in [0.25, 0.3) is 22.2 Å². The number of aromatic nitrogens is 1. The normalized spacial score (nSPS) is 18.7. The van der Waals surface area contributed by atoms with Crippen LogP contribution in [0.3, 0.4) is 0 Å². The van der Waals surface area contributed by atoms with Gasteiger partial charge in [-0.05, 0) is 62.4 Å². The van der Waals surface area contributed by atoms with Gasteiger partial charge in [-0.2, -0.15) is 0 Å². The van der Waals surface area contributed by atoms with E-state index >= 15 is 0 Å². The number of nitrogens with zero attached hydrogens (tertiary/aromatic N) is 1. The number of aryl methyl sites for hydroxylation is 1. The minimum Gasteiger partial charge on any atom is -0.354 e. The summed E-state index contributed by atoms with van der Waals surface area (Å²) in [7, 11) is 0. The summed E-state index contributed by atoms with van der Waals surface area (Å²) in [6.07, 6.45) is 5.19. The molecule has 0 aliphatic carbocycles. The Balaban J connectivity index is 1.72. The van der Waals surface area contributed by atoms with Crippen LogP contribution < -0.4 is 0 Å². The van der Waals surface area contributed by atoms with Crippen molar-refractivity contribution in [1.82, 2.24) is 9.88 Å². The Morgan fingerprint density at radius 2 is 1.88 bits per heavy atom. The van der Waals surface area contributed by atoms with Crippen LogP contribution in [0.5, 0.6) is 0 Å². The molecule has 130 valence electrons. The molecule has 1 atom stereocenters. The second-order valence-corrected chi connectivity index (χ2v) is 7.47. The van der Waals surface area contributed by atoms with Crippen molar-refractivity contribution in [3.05, 3.63) is 59.7 Å². The highest BCUT2D eigenvalue weighted by Gasteiger charge is 2.20. The lowest BCUT2D eigenvalue weighted by atomic mass is 9.98. The number of likely N-dealkylation sites (tertiary alicyclic amines) is 1. The third-order valence-electron chi connectivity index (χ3n) is 5.79. The van der Waals surface area contributed by atoms with Gasteiger partial charge in [0.2, 0.25) is 0 Å². The highest BCUT2D eigenvalue weighted by Crippen LogP contribution is 2.33. The topological polar surface area (TPSA) is 19.0 Å². The van der Waals surface area contributed by atoms with Gasteiger partial charge in [-0.25, -0.2) is 0 Å². The van der Waals surface area contributed by atoms with Gasteiger partial charge >= 0.3 is 0 Å². The predicted molar refractivity (Wildman–Crippen MR) is 107 cm³/mol. The van der Waals surface area contributed by atoms with Crippen molar-refractivity contribution < 1.29 is 0 Å². The molecule has 0 spiro atoms. The molecule has 4 rings (SSSR count). The van der Waals surface area contributed by atoms with E-state index in [1.165, 1.54) is 59.1 Å². The Morgan fingerprint density at radius 3 is 2.68 bits per heavy atom. The molecule has 2 heteroatoms. The Hall–Kier alpha value is -2.06. The molecule has 1 aliphatic heterocycles. The van der Waals surface area contributed by atoms with E-state index in [1.807, 2.05) is 0 Å². The second kappa shape index (κ2) is 7.05. The van der Waals surface area contributed by atoms with Crippen LogP contribution in [0.15, 0.2) is 48.5 Å². The van der Waals surface area contributed by atoms with Crippen molar-refractivity contribution >= 4 is 10.9 Å². The molecule has 1 unspecified atom stereocenters. The molecule has 1 saturated heterocycles. The van der Waals surface area contributed by atoms with Crippen LogP contribution in [0.2, 0.25) is 0 Å². The van der Waals surface area contributed by atoms with Gasteiger partial charge in [-0.1, -0.05) is 48.9 Å². The molecule has 2 nitrogen and oxygen atoms in total. The maximum Gasteiger partial charge on any atom is 0.0497 e. The number of hydrogen-bond acceptors (Lipinski definition) is 1. The summed E-state index contributed by atoms with van der Waals surface area (Å²) in [5.41, 5.74) is 6.71. The summed E-state index contributed by atoms with van der Waals surface area (Å²) in [6, 6.07) is 18.1. The van der Waals surface area contributed by atoms with Crippen molar-refractivity contribution in [3.8, 4) is 11.3 Å². The predicted octanol–water partition coefficient (Wildman–Crippen LogP) is 5.56. The van der Waals surface area contributed by atoms with Gasteiger partial charge in [0.05, 0.1) is 0 Å². The number of rotatable bonds is 4. The van der Waals surface area contributed by atoms with Crippen LogP contribution in [-0.4, -0.2) is 29.0 Å². The zero-order chi connectivity index (χ0) is 17.2. The first kappa shape index (κ1) is 16.4. The van der Waals surface area contributed by atoms with E-state index < -0.39 is 0 Å². The first-order valence-corrected chi connectivity index (χ1v) is 9.63. The molecule has 3 aromatic rings. The summed E-state index contributed by atoms with van der Waals surface area (Å²) in [5, 5.41) is 1.42. The van der Waals surface area contributed by atoms with Crippen molar-refractivity contribution in [2.75, 3.05) is 13.1 Å². The number of benzene rings is 2. The highest BCUT2D eigenvalue weighted by molar-refractivity contribution is 5.93. The fourth-order valence-electron chi connectivity index (χ4n) is 4.35. The summed E-state index contributed by atoms with van der Waals surface area (Å²) in [5.74, 6) is 0. The average Bonchev–Trinajstić information content (AvgIpc) is 3.02. The number of aromatic amines is 1. The summed E-state index contributed by atoms with van der Waals surface area (Å²) in [6.45, 7) is 7.03. The van der Waals surface area contributed by atoms with Crippen molar-refractivity contribution in [1.29, 1.82) is 0 Å². The average molecular weight is 332 g/mol. The fraction of sp³-hybridized carbons (Fsp3) is 0.391. The van der Waals surface area contributed by atoms with Crippen LogP contribution in [0.4, 0.5) is 0 Å². The molecule has 2 aromatic carbocycles. The lowest BCUT2D eigenvalue weighted by Crippen LogP contribution is -2.38. The standard InChI is InChI=1S/C23H28N2/c1-17-9-8-13-21-22(17)20(14-16-25-15-7-6-10-18(25)2)23(24-21)19-11-4-3-5-12-19/h3-5,8-9,11-13,18,24H,6-7,10,14-16H2,1-2H3. The van der Waals surface area contributed by atoms with Gasteiger partial charge in [0, 0.05) is 29.2 Å². The number of piperidine rings is 1. The van der Waals surface area contributed by atoms with Gasteiger partial charge in [-0.15, -0.1) is 0 Å². The maximum absolute atomic E-state index is 3.70. The Kier molecular flexibility index (Phi) is 4.63. The van der Waals surface area contributed by atoms with Gasteiger partial charge < -0.3 is 9.88 Å². The number of H-pyrrole nitrogens is 1. The van der Waals surface area contributed by atoms with Gasteiger partial charge in [-0.3, -0.25) is 0 Å². The number of hydrogen-bond donors (Lipinski definition) is 1. The molecule has 1 N–H and O–H groups in total. The SMILES string of the molecule is Cc1cccc2[nH]c(-c3ccccc3)c(CCN3CCCCC3C)c12. The molecule has 2 heterocycles. The van der Waals surface area contributed by atoms with Gasteiger partial charge in [0.15, 0.2) is 0 Å². The van der Waals surface area contributed by atoms with E-state index in [2.05, 4.69) is 72.3 Å².